The number of anilines is 1. The third-order valence-corrected chi connectivity index (χ3v) is 10.2. The summed E-state index contributed by atoms with van der Waals surface area (Å²) in [6.45, 7) is 5.08. The molecule has 2 amide bonds. The number of rotatable bonds is 9. The average Bonchev–Trinajstić information content (AvgIpc) is 3.81. The Morgan fingerprint density at radius 3 is 2.57 bits per heavy atom. The number of methoxy groups -OCH3 is 2. The Hall–Kier alpha value is -3.80. The smallest absolute Gasteiger partial charge is 0.240 e. The quantitative estimate of drug-likeness (QED) is 0.253. The molecule has 11 heteroatoms. The number of hydrogen-bond acceptors (Lipinski definition) is 8. The van der Waals surface area contributed by atoms with Gasteiger partial charge in [0.15, 0.2) is 0 Å². The van der Waals surface area contributed by atoms with E-state index in [4.69, 9.17) is 19.3 Å². The summed E-state index contributed by atoms with van der Waals surface area (Å²) in [7, 11) is 3.25. The van der Waals surface area contributed by atoms with Gasteiger partial charge >= 0.3 is 0 Å². The number of thiophene rings is 1. The molecule has 6 rings (SSSR count). The van der Waals surface area contributed by atoms with Crippen molar-refractivity contribution in [1.29, 1.82) is 0 Å². The molecule has 2 aromatic carbocycles. The number of amides is 2. The molecule has 4 aromatic rings. The number of thioether (sulfide) groups is 1. The number of nitrogens with zero attached hydrogens (tertiary/aromatic N) is 3. The second kappa shape index (κ2) is 13.1. The van der Waals surface area contributed by atoms with Crippen LogP contribution in [0.25, 0.3) is 16.9 Å². The molecule has 0 saturated carbocycles. The van der Waals surface area contributed by atoms with Crippen molar-refractivity contribution in [2.24, 2.45) is 0 Å². The number of aromatic nitrogens is 2. The summed E-state index contributed by atoms with van der Waals surface area (Å²) < 4.78 is 19.2. The van der Waals surface area contributed by atoms with Gasteiger partial charge in [-0.3, -0.25) is 14.5 Å². The molecule has 0 unspecified atom stereocenters. The Balaban J connectivity index is 1.59. The number of carbonyl (C=O) groups excluding carboxylic acids is 2. The summed E-state index contributed by atoms with van der Waals surface area (Å²) in [5.41, 5.74) is 6.16. The van der Waals surface area contributed by atoms with Crippen LogP contribution in [0.15, 0.2) is 53.2 Å². The Kier molecular flexibility index (Phi) is 8.97. The highest BCUT2D eigenvalue weighted by Crippen LogP contribution is 2.52. The zero-order chi connectivity index (χ0) is 30.8. The van der Waals surface area contributed by atoms with E-state index in [2.05, 4.69) is 29.8 Å². The van der Waals surface area contributed by atoms with Gasteiger partial charge in [-0.25, -0.2) is 4.68 Å². The van der Waals surface area contributed by atoms with Gasteiger partial charge < -0.3 is 19.5 Å². The number of benzene rings is 2. The zero-order valence-corrected chi connectivity index (χ0v) is 26.9. The van der Waals surface area contributed by atoms with Crippen molar-refractivity contribution in [3.05, 3.63) is 75.5 Å². The minimum atomic E-state index is -0.246. The standard InChI is InChI=1S/C33H36N4O5S2/c1-20-8-5-10-24(21(20)2)37-33-30(31(35-37)29-25(40-3)11-6-12-26(29)41-4)32(22-13-15-43-18-22)44-19-28(39)36(33)17-27(38)34-16-23-9-7-14-42-23/h5-6,8,10-13,15,18,23,32H,7,9,14,16-17,19H2,1-4H3,(H,34,38)/t23-,32+/m0/s1. The highest BCUT2D eigenvalue weighted by molar-refractivity contribution is 8.00. The maximum atomic E-state index is 14.0. The second-order valence-electron chi connectivity index (χ2n) is 10.9. The molecule has 0 bridgehead atoms. The summed E-state index contributed by atoms with van der Waals surface area (Å²) in [5, 5.41) is 12.2. The van der Waals surface area contributed by atoms with Gasteiger partial charge in [0.1, 0.15) is 29.6 Å². The fraction of sp³-hybridized carbons (Fsp3) is 0.364. The highest BCUT2D eigenvalue weighted by Gasteiger charge is 2.39. The number of aryl methyl sites for hydroxylation is 1. The van der Waals surface area contributed by atoms with E-state index < -0.39 is 0 Å². The molecular formula is C33H36N4O5S2. The molecule has 2 atom stereocenters. The lowest BCUT2D eigenvalue weighted by Crippen LogP contribution is -2.44. The average molecular weight is 633 g/mol. The van der Waals surface area contributed by atoms with Gasteiger partial charge in [-0.1, -0.05) is 18.2 Å². The maximum Gasteiger partial charge on any atom is 0.240 e. The fourth-order valence-corrected chi connectivity index (χ4v) is 7.80. The van der Waals surface area contributed by atoms with Crippen LogP contribution < -0.4 is 19.7 Å². The lowest BCUT2D eigenvalue weighted by molar-refractivity contribution is -0.123. The molecule has 0 radical (unpaired) electrons. The molecule has 1 fully saturated rings. The third kappa shape index (κ3) is 5.71. The van der Waals surface area contributed by atoms with E-state index in [1.165, 1.54) is 11.8 Å². The first-order chi connectivity index (χ1) is 21.4. The normalized spacial score (nSPS) is 18.2. The van der Waals surface area contributed by atoms with Crippen molar-refractivity contribution in [2.75, 3.05) is 44.6 Å². The first kappa shape index (κ1) is 30.2. The van der Waals surface area contributed by atoms with Gasteiger partial charge in [-0.2, -0.15) is 16.4 Å². The maximum absolute atomic E-state index is 14.0. The van der Waals surface area contributed by atoms with Crippen LogP contribution >= 0.6 is 23.1 Å². The summed E-state index contributed by atoms with van der Waals surface area (Å²) in [5.74, 6) is 1.56. The molecule has 1 N–H and O–H groups in total. The van der Waals surface area contributed by atoms with Crippen molar-refractivity contribution in [1.82, 2.24) is 15.1 Å². The second-order valence-corrected chi connectivity index (χ2v) is 12.8. The highest BCUT2D eigenvalue weighted by atomic mass is 32.2. The molecular weight excluding hydrogens is 597 g/mol. The van der Waals surface area contributed by atoms with E-state index in [0.29, 0.717) is 41.7 Å². The van der Waals surface area contributed by atoms with E-state index in [1.807, 2.05) is 47.3 Å². The van der Waals surface area contributed by atoms with Crippen LogP contribution in [0.4, 0.5) is 5.82 Å². The van der Waals surface area contributed by atoms with Crippen LogP contribution in [0.5, 0.6) is 11.5 Å². The molecule has 0 spiro atoms. The summed E-state index contributed by atoms with van der Waals surface area (Å²) in [6, 6.07) is 13.8. The van der Waals surface area contributed by atoms with Crippen molar-refractivity contribution < 1.29 is 23.8 Å². The van der Waals surface area contributed by atoms with Crippen LogP contribution in [-0.2, 0) is 14.3 Å². The molecule has 44 heavy (non-hydrogen) atoms. The first-order valence-electron chi connectivity index (χ1n) is 14.6. The number of nitrogens with one attached hydrogen (secondary N) is 1. The number of hydrogen-bond donors (Lipinski definition) is 1. The number of fused-ring (bicyclic) bond motifs is 1. The monoisotopic (exact) mass is 632 g/mol. The molecule has 9 nitrogen and oxygen atoms in total. The first-order valence-corrected chi connectivity index (χ1v) is 16.6. The molecule has 2 aliphatic rings. The predicted molar refractivity (Wildman–Crippen MR) is 175 cm³/mol. The van der Waals surface area contributed by atoms with Crippen LogP contribution in [-0.4, -0.2) is 67.4 Å². The lowest BCUT2D eigenvalue weighted by Gasteiger charge is -2.24. The van der Waals surface area contributed by atoms with Gasteiger partial charge in [0.25, 0.3) is 0 Å². The number of ether oxygens (including phenoxy) is 3. The van der Waals surface area contributed by atoms with E-state index in [1.54, 1.807) is 30.5 Å². The predicted octanol–water partition coefficient (Wildman–Crippen LogP) is 5.70. The summed E-state index contributed by atoms with van der Waals surface area (Å²) >= 11 is 3.14. The van der Waals surface area contributed by atoms with Crippen molar-refractivity contribution >= 4 is 40.7 Å². The van der Waals surface area contributed by atoms with Gasteiger partial charge in [0.2, 0.25) is 11.8 Å². The zero-order valence-electron chi connectivity index (χ0n) is 25.3. The van der Waals surface area contributed by atoms with E-state index >= 15 is 0 Å². The van der Waals surface area contributed by atoms with Crippen LogP contribution in [0.3, 0.4) is 0 Å². The number of carbonyl (C=O) groups is 2. The topological polar surface area (TPSA) is 94.9 Å². The van der Waals surface area contributed by atoms with Gasteiger partial charge in [-0.05, 0) is 78.4 Å². The molecule has 230 valence electrons. The lowest BCUT2D eigenvalue weighted by atomic mass is 9.99. The third-order valence-electron chi connectivity index (χ3n) is 8.26. The minimum Gasteiger partial charge on any atom is -0.496 e. The largest absolute Gasteiger partial charge is 0.496 e. The minimum absolute atomic E-state index is 0.00189. The van der Waals surface area contributed by atoms with Crippen molar-refractivity contribution in [2.45, 2.75) is 38.0 Å². The van der Waals surface area contributed by atoms with Crippen molar-refractivity contribution in [3.8, 4) is 28.4 Å². The van der Waals surface area contributed by atoms with E-state index in [-0.39, 0.29) is 35.5 Å². The Morgan fingerprint density at radius 2 is 1.89 bits per heavy atom. The SMILES string of the molecule is COc1cccc(OC)c1-c1nn(-c2cccc(C)c2C)c2c1[C@@H](c1ccsc1)SCC(=O)N2CC(=O)NC[C@@H]1CCCO1. The summed E-state index contributed by atoms with van der Waals surface area (Å²) in [6.07, 6.45) is 1.90. The van der Waals surface area contributed by atoms with Gasteiger partial charge in [-0.15, -0.1) is 11.8 Å². The van der Waals surface area contributed by atoms with Gasteiger partial charge in [0.05, 0.1) is 42.6 Å². The van der Waals surface area contributed by atoms with Crippen LogP contribution in [0.1, 0.15) is 40.3 Å². The summed E-state index contributed by atoms with van der Waals surface area (Å²) in [4.78, 5) is 29.1. The van der Waals surface area contributed by atoms with Crippen LogP contribution in [0, 0.1) is 13.8 Å². The molecule has 1 saturated heterocycles. The van der Waals surface area contributed by atoms with Crippen molar-refractivity contribution in [3.63, 3.8) is 0 Å². The molecule has 4 heterocycles. The molecule has 0 aliphatic carbocycles. The Labute approximate surface area is 265 Å². The Bertz CT molecular complexity index is 1640. The fourth-order valence-electron chi connectivity index (χ4n) is 5.84. The van der Waals surface area contributed by atoms with Gasteiger partial charge in [0, 0.05) is 18.7 Å². The van der Waals surface area contributed by atoms with E-state index in [0.717, 1.165) is 40.8 Å². The molecule has 2 aromatic heterocycles. The van der Waals surface area contributed by atoms with Crippen LogP contribution in [0.2, 0.25) is 0 Å². The molecule has 2 aliphatic heterocycles. The van der Waals surface area contributed by atoms with E-state index in [9.17, 15) is 9.59 Å². The Morgan fingerprint density at radius 1 is 1.11 bits per heavy atom.